The number of carbonyl (C=O) groups excluding carboxylic acids is 1. The number of aromatic nitrogens is 1. The van der Waals surface area contributed by atoms with E-state index in [2.05, 4.69) is 10.5 Å². The first kappa shape index (κ1) is 14.7. The number of carbonyl (C=O) groups is 1. The van der Waals surface area contributed by atoms with Gasteiger partial charge < -0.3 is 15.6 Å². The topological polar surface area (TPSA) is 81.2 Å². The van der Waals surface area contributed by atoms with Crippen molar-refractivity contribution in [2.45, 2.75) is 52.5 Å². The maximum absolute atomic E-state index is 11.7. The molecule has 0 saturated carbocycles. The van der Waals surface area contributed by atoms with Gasteiger partial charge in [-0.05, 0) is 40.2 Å². The van der Waals surface area contributed by atoms with Gasteiger partial charge in [-0.3, -0.25) is 4.79 Å². The molecule has 5 heteroatoms. The fourth-order valence-electron chi connectivity index (χ4n) is 2.10. The van der Waals surface area contributed by atoms with Gasteiger partial charge in [-0.2, -0.15) is 0 Å². The molecule has 0 radical (unpaired) electrons. The van der Waals surface area contributed by atoms with Crippen LogP contribution in [0.4, 0.5) is 0 Å². The van der Waals surface area contributed by atoms with Crippen LogP contribution in [0, 0.1) is 13.8 Å². The molecule has 102 valence electrons. The minimum absolute atomic E-state index is 0.0572. The van der Waals surface area contributed by atoms with Crippen molar-refractivity contribution >= 4 is 5.91 Å². The predicted molar refractivity (Wildman–Crippen MR) is 70.1 cm³/mol. The molecule has 1 aromatic rings. The second-order valence-electron chi connectivity index (χ2n) is 4.63. The Balaban J connectivity index is 2.40. The highest BCUT2D eigenvalue weighted by Crippen LogP contribution is 2.20. The standard InChI is InChI=1S/C13H23N3O2/c1-9(13-10(2)16-18-11(13)3)15-12(17)7-5-4-6-8-14/h9H,4-8,14H2,1-3H3,(H,15,17). The lowest BCUT2D eigenvalue weighted by Gasteiger charge is -2.13. The van der Waals surface area contributed by atoms with Crippen LogP contribution in [0.15, 0.2) is 4.52 Å². The highest BCUT2D eigenvalue weighted by atomic mass is 16.5. The molecule has 0 spiro atoms. The van der Waals surface area contributed by atoms with Gasteiger partial charge in [-0.25, -0.2) is 0 Å². The molecule has 1 amide bonds. The Morgan fingerprint density at radius 2 is 2.11 bits per heavy atom. The molecule has 0 aliphatic rings. The van der Waals surface area contributed by atoms with E-state index in [0.717, 1.165) is 36.3 Å². The molecule has 1 rings (SSSR count). The van der Waals surface area contributed by atoms with Crippen LogP contribution in [0.25, 0.3) is 0 Å². The van der Waals surface area contributed by atoms with Crippen LogP contribution in [0.5, 0.6) is 0 Å². The van der Waals surface area contributed by atoms with E-state index in [1.54, 1.807) is 0 Å². The molecule has 0 bridgehead atoms. The third-order valence-electron chi connectivity index (χ3n) is 3.01. The van der Waals surface area contributed by atoms with Crippen LogP contribution in [0.1, 0.15) is 55.7 Å². The smallest absolute Gasteiger partial charge is 0.220 e. The summed E-state index contributed by atoms with van der Waals surface area (Å²) in [5, 5.41) is 6.86. The summed E-state index contributed by atoms with van der Waals surface area (Å²) in [5.41, 5.74) is 7.22. The molecule has 0 aliphatic heterocycles. The highest BCUT2D eigenvalue weighted by molar-refractivity contribution is 5.76. The van der Waals surface area contributed by atoms with Gasteiger partial charge in [-0.15, -0.1) is 0 Å². The summed E-state index contributed by atoms with van der Waals surface area (Å²) in [6.45, 7) is 6.39. The number of hydrogen-bond acceptors (Lipinski definition) is 4. The van der Waals surface area contributed by atoms with Gasteiger partial charge >= 0.3 is 0 Å². The third kappa shape index (κ3) is 4.14. The maximum Gasteiger partial charge on any atom is 0.220 e. The van der Waals surface area contributed by atoms with Crippen LogP contribution in [-0.2, 0) is 4.79 Å². The van der Waals surface area contributed by atoms with Crippen LogP contribution < -0.4 is 11.1 Å². The monoisotopic (exact) mass is 253 g/mol. The lowest BCUT2D eigenvalue weighted by atomic mass is 10.1. The fourth-order valence-corrected chi connectivity index (χ4v) is 2.10. The van der Waals surface area contributed by atoms with E-state index in [1.165, 1.54) is 0 Å². The minimum Gasteiger partial charge on any atom is -0.361 e. The summed E-state index contributed by atoms with van der Waals surface area (Å²) in [5.74, 6) is 0.836. The van der Waals surface area contributed by atoms with E-state index in [0.29, 0.717) is 13.0 Å². The first-order valence-corrected chi connectivity index (χ1v) is 6.48. The summed E-state index contributed by atoms with van der Waals surface area (Å²) in [7, 11) is 0. The molecule has 0 saturated heterocycles. The number of aryl methyl sites for hydroxylation is 2. The normalized spacial score (nSPS) is 12.4. The average Bonchev–Trinajstić information content (AvgIpc) is 2.64. The molecule has 1 aromatic heterocycles. The van der Waals surface area contributed by atoms with Gasteiger partial charge in [0.2, 0.25) is 5.91 Å². The van der Waals surface area contributed by atoms with E-state index in [-0.39, 0.29) is 11.9 Å². The lowest BCUT2D eigenvalue weighted by Crippen LogP contribution is -2.27. The van der Waals surface area contributed by atoms with Crippen molar-refractivity contribution in [1.29, 1.82) is 0 Å². The van der Waals surface area contributed by atoms with Gasteiger partial charge in [-0.1, -0.05) is 11.6 Å². The number of nitrogens with one attached hydrogen (secondary N) is 1. The second-order valence-corrected chi connectivity index (χ2v) is 4.63. The molecule has 1 heterocycles. The van der Waals surface area contributed by atoms with E-state index in [9.17, 15) is 4.79 Å². The van der Waals surface area contributed by atoms with Gasteiger partial charge in [0.25, 0.3) is 0 Å². The average molecular weight is 253 g/mol. The second kappa shape index (κ2) is 7.16. The third-order valence-corrected chi connectivity index (χ3v) is 3.01. The van der Waals surface area contributed by atoms with Crippen LogP contribution in [-0.4, -0.2) is 17.6 Å². The fraction of sp³-hybridized carbons (Fsp3) is 0.692. The Morgan fingerprint density at radius 1 is 1.39 bits per heavy atom. The minimum atomic E-state index is -0.0572. The van der Waals surface area contributed by atoms with Crippen LogP contribution >= 0.6 is 0 Å². The predicted octanol–water partition coefficient (Wildman–Crippen LogP) is 1.99. The molecular weight excluding hydrogens is 230 g/mol. The number of unbranched alkanes of at least 4 members (excludes halogenated alkanes) is 2. The molecule has 18 heavy (non-hydrogen) atoms. The molecule has 1 atom stereocenters. The molecule has 3 N–H and O–H groups in total. The van der Waals surface area contributed by atoms with E-state index < -0.39 is 0 Å². The SMILES string of the molecule is Cc1noc(C)c1C(C)NC(=O)CCCCCN. The molecular formula is C13H23N3O2. The largest absolute Gasteiger partial charge is 0.361 e. The van der Waals surface area contributed by atoms with Crippen molar-refractivity contribution in [3.05, 3.63) is 17.0 Å². The van der Waals surface area contributed by atoms with Crippen molar-refractivity contribution in [3.8, 4) is 0 Å². The van der Waals surface area contributed by atoms with Crippen molar-refractivity contribution < 1.29 is 9.32 Å². The summed E-state index contributed by atoms with van der Waals surface area (Å²) in [4.78, 5) is 11.7. The van der Waals surface area contributed by atoms with E-state index in [4.69, 9.17) is 10.3 Å². The first-order valence-electron chi connectivity index (χ1n) is 6.48. The maximum atomic E-state index is 11.7. The van der Waals surface area contributed by atoms with Crippen molar-refractivity contribution in [3.63, 3.8) is 0 Å². The quantitative estimate of drug-likeness (QED) is 0.728. The number of amides is 1. The van der Waals surface area contributed by atoms with Crippen molar-refractivity contribution in [2.75, 3.05) is 6.54 Å². The number of nitrogens with zero attached hydrogens (tertiary/aromatic N) is 1. The van der Waals surface area contributed by atoms with Crippen LogP contribution in [0.3, 0.4) is 0 Å². The molecule has 0 aliphatic carbocycles. The van der Waals surface area contributed by atoms with E-state index >= 15 is 0 Å². The molecule has 1 unspecified atom stereocenters. The molecule has 0 fully saturated rings. The molecule has 5 nitrogen and oxygen atoms in total. The van der Waals surface area contributed by atoms with Crippen LogP contribution in [0.2, 0.25) is 0 Å². The zero-order valence-corrected chi connectivity index (χ0v) is 11.5. The Morgan fingerprint density at radius 3 is 2.67 bits per heavy atom. The summed E-state index contributed by atoms with van der Waals surface area (Å²) < 4.78 is 5.10. The first-order chi connectivity index (χ1) is 8.56. The summed E-state index contributed by atoms with van der Waals surface area (Å²) in [6, 6.07) is -0.0572. The number of nitrogens with two attached hydrogens (primary N) is 1. The van der Waals surface area contributed by atoms with Crippen molar-refractivity contribution in [1.82, 2.24) is 10.5 Å². The Labute approximate surface area is 108 Å². The Kier molecular flexibility index (Phi) is 5.85. The van der Waals surface area contributed by atoms with Crippen molar-refractivity contribution in [2.24, 2.45) is 5.73 Å². The lowest BCUT2D eigenvalue weighted by molar-refractivity contribution is -0.121. The Bertz CT molecular complexity index is 368. The van der Waals surface area contributed by atoms with Gasteiger partial charge in [0, 0.05) is 12.0 Å². The number of hydrogen-bond donors (Lipinski definition) is 2. The molecule has 0 aromatic carbocycles. The zero-order chi connectivity index (χ0) is 13.5. The number of rotatable bonds is 7. The highest BCUT2D eigenvalue weighted by Gasteiger charge is 2.17. The van der Waals surface area contributed by atoms with Gasteiger partial charge in [0.05, 0.1) is 11.7 Å². The van der Waals surface area contributed by atoms with Gasteiger partial charge in [0.1, 0.15) is 5.76 Å². The van der Waals surface area contributed by atoms with E-state index in [1.807, 2.05) is 20.8 Å². The summed E-state index contributed by atoms with van der Waals surface area (Å²) in [6.07, 6.45) is 3.42. The van der Waals surface area contributed by atoms with Gasteiger partial charge in [0.15, 0.2) is 0 Å². The zero-order valence-electron chi connectivity index (χ0n) is 11.5. The Hall–Kier alpha value is -1.36. The summed E-state index contributed by atoms with van der Waals surface area (Å²) >= 11 is 0.